The Bertz CT molecular complexity index is 347. The molecule has 0 unspecified atom stereocenters. The molecule has 1 aliphatic heterocycles. The molecule has 1 fully saturated rings. The van der Waals surface area contributed by atoms with Crippen LogP contribution in [-0.2, 0) is 6.54 Å². The zero-order valence-electron chi connectivity index (χ0n) is 10.0. The smallest absolute Gasteiger partial charge is 0.0248 e. The SMILES string of the molecule is Cc1cc(C)c(CN2CCNCC2)c(Br)c1. The standard InChI is InChI=1S/C13H19BrN2/c1-10-7-11(2)12(13(14)8-10)9-16-5-3-15-4-6-16/h7-8,15H,3-6,9H2,1-2H3. The summed E-state index contributed by atoms with van der Waals surface area (Å²) in [5, 5.41) is 3.39. The van der Waals surface area contributed by atoms with Gasteiger partial charge in [-0.25, -0.2) is 0 Å². The molecule has 1 aliphatic rings. The zero-order chi connectivity index (χ0) is 11.5. The average Bonchev–Trinajstić information content (AvgIpc) is 2.25. The highest BCUT2D eigenvalue weighted by molar-refractivity contribution is 9.10. The number of nitrogens with zero attached hydrogens (tertiary/aromatic N) is 1. The van der Waals surface area contributed by atoms with Gasteiger partial charge < -0.3 is 5.32 Å². The molecule has 2 nitrogen and oxygen atoms in total. The van der Waals surface area contributed by atoms with Gasteiger partial charge in [0.25, 0.3) is 0 Å². The number of hydrogen-bond acceptors (Lipinski definition) is 2. The van der Waals surface area contributed by atoms with E-state index in [1.807, 2.05) is 0 Å². The van der Waals surface area contributed by atoms with E-state index in [2.05, 4.69) is 52.1 Å². The van der Waals surface area contributed by atoms with Crippen LogP contribution in [-0.4, -0.2) is 31.1 Å². The molecule has 1 N–H and O–H groups in total. The maximum absolute atomic E-state index is 3.68. The van der Waals surface area contributed by atoms with Crippen LogP contribution in [0.1, 0.15) is 16.7 Å². The van der Waals surface area contributed by atoms with Crippen LogP contribution in [0.25, 0.3) is 0 Å². The van der Waals surface area contributed by atoms with Crippen LogP contribution in [0.4, 0.5) is 0 Å². The van der Waals surface area contributed by atoms with E-state index in [-0.39, 0.29) is 0 Å². The summed E-state index contributed by atoms with van der Waals surface area (Å²) in [6.45, 7) is 9.95. The fourth-order valence-corrected chi connectivity index (χ4v) is 3.04. The van der Waals surface area contributed by atoms with Crippen LogP contribution in [0.3, 0.4) is 0 Å². The minimum Gasteiger partial charge on any atom is -0.314 e. The highest BCUT2D eigenvalue weighted by Gasteiger charge is 2.13. The molecule has 0 aromatic heterocycles. The quantitative estimate of drug-likeness (QED) is 0.897. The van der Waals surface area contributed by atoms with Crippen molar-refractivity contribution in [2.75, 3.05) is 26.2 Å². The van der Waals surface area contributed by atoms with Crippen LogP contribution in [0, 0.1) is 13.8 Å². The van der Waals surface area contributed by atoms with Crippen molar-refractivity contribution in [1.29, 1.82) is 0 Å². The van der Waals surface area contributed by atoms with Crippen molar-refractivity contribution in [1.82, 2.24) is 10.2 Å². The number of hydrogen-bond donors (Lipinski definition) is 1. The first-order valence-corrected chi connectivity index (χ1v) is 6.65. The molecule has 88 valence electrons. The Morgan fingerprint density at radius 3 is 2.56 bits per heavy atom. The van der Waals surface area contributed by atoms with Crippen molar-refractivity contribution in [3.63, 3.8) is 0 Å². The van der Waals surface area contributed by atoms with Crippen molar-refractivity contribution in [3.8, 4) is 0 Å². The Morgan fingerprint density at radius 2 is 1.94 bits per heavy atom. The Hall–Kier alpha value is -0.380. The Morgan fingerprint density at radius 1 is 1.25 bits per heavy atom. The first-order valence-electron chi connectivity index (χ1n) is 5.85. The molecule has 0 amide bonds. The molecule has 1 aromatic rings. The van der Waals surface area contributed by atoms with Gasteiger partial charge in [-0.2, -0.15) is 0 Å². The monoisotopic (exact) mass is 282 g/mol. The Balaban J connectivity index is 2.14. The number of piperazine rings is 1. The van der Waals surface area contributed by atoms with Gasteiger partial charge in [-0.15, -0.1) is 0 Å². The number of nitrogens with one attached hydrogen (secondary N) is 1. The van der Waals surface area contributed by atoms with E-state index >= 15 is 0 Å². The summed E-state index contributed by atoms with van der Waals surface area (Å²) in [6.07, 6.45) is 0. The van der Waals surface area contributed by atoms with E-state index in [1.54, 1.807) is 0 Å². The van der Waals surface area contributed by atoms with Crippen LogP contribution in [0.5, 0.6) is 0 Å². The fourth-order valence-electron chi connectivity index (χ4n) is 2.24. The lowest BCUT2D eigenvalue weighted by molar-refractivity contribution is 0.232. The summed E-state index contributed by atoms with van der Waals surface area (Å²) < 4.78 is 1.25. The molecule has 2 rings (SSSR count). The van der Waals surface area contributed by atoms with Crippen LogP contribution in [0.2, 0.25) is 0 Å². The van der Waals surface area contributed by atoms with Gasteiger partial charge in [0.2, 0.25) is 0 Å². The number of aryl methyl sites for hydroxylation is 2. The lowest BCUT2D eigenvalue weighted by Crippen LogP contribution is -2.43. The number of benzene rings is 1. The zero-order valence-corrected chi connectivity index (χ0v) is 11.6. The molecule has 0 atom stereocenters. The third-order valence-corrected chi connectivity index (χ3v) is 3.86. The third-order valence-electron chi connectivity index (χ3n) is 3.15. The summed E-state index contributed by atoms with van der Waals surface area (Å²) in [7, 11) is 0. The van der Waals surface area contributed by atoms with Gasteiger partial charge >= 0.3 is 0 Å². The van der Waals surface area contributed by atoms with Crippen LogP contribution >= 0.6 is 15.9 Å². The Labute approximate surface area is 106 Å². The van der Waals surface area contributed by atoms with Crippen molar-refractivity contribution in [2.24, 2.45) is 0 Å². The molecule has 3 heteroatoms. The Kier molecular flexibility index (Phi) is 4.00. The van der Waals surface area contributed by atoms with Crippen molar-refractivity contribution in [2.45, 2.75) is 20.4 Å². The fraction of sp³-hybridized carbons (Fsp3) is 0.538. The molecule has 0 bridgehead atoms. The summed E-state index contributed by atoms with van der Waals surface area (Å²) in [5.74, 6) is 0. The second-order valence-corrected chi connectivity index (χ2v) is 5.42. The van der Waals surface area contributed by atoms with Crippen molar-refractivity contribution in [3.05, 3.63) is 33.3 Å². The van der Waals surface area contributed by atoms with E-state index in [4.69, 9.17) is 0 Å². The van der Waals surface area contributed by atoms with Crippen LogP contribution in [0.15, 0.2) is 16.6 Å². The predicted molar refractivity (Wildman–Crippen MR) is 71.8 cm³/mol. The number of halogens is 1. The summed E-state index contributed by atoms with van der Waals surface area (Å²) >= 11 is 3.68. The van der Waals surface area contributed by atoms with Crippen molar-refractivity contribution < 1.29 is 0 Å². The topological polar surface area (TPSA) is 15.3 Å². The second-order valence-electron chi connectivity index (χ2n) is 4.57. The third kappa shape index (κ3) is 2.84. The largest absolute Gasteiger partial charge is 0.314 e. The van der Waals surface area contributed by atoms with Gasteiger partial charge in [0.1, 0.15) is 0 Å². The van der Waals surface area contributed by atoms with Crippen molar-refractivity contribution >= 4 is 15.9 Å². The lowest BCUT2D eigenvalue weighted by atomic mass is 10.1. The van der Waals surface area contributed by atoms with Gasteiger partial charge in [0.05, 0.1) is 0 Å². The predicted octanol–water partition coefficient (Wildman–Crippen LogP) is 2.47. The van der Waals surface area contributed by atoms with Gasteiger partial charge in [-0.05, 0) is 36.6 Å². The molecule has 1 heterocycles. The summed E-state index contributed by atoms with van der Waals surface area (Å²) in [6, 6.07) is 4.48. The molecular weight excluding hydrogens is 264 g/mol. The molecular formula is C13H19BrN2. The lowest BCUT2D eigenvalue weighted by Gasteiger charge is -2.28. The molecule has 0 aliphatic carbocycles. The molecule has 0 saturated carbocycles. The van der Waals surface area contributed by atoms with E-state index < -0.39 is 0 Å². The normalized spacial score (nSPS) is 17.7. The maximum Gasteiger partial charge on any atom is 0.0248 e. The summed E-state index contributed by atoms with van der Waals surface area (Å²) in [4.78, 5) is 2.51. The minimum atomic E-state index is 1.06. The minimum absolute atomic E-state index is 1.06. The number of rotatable bonds is 2. The highest BCUT2D eigenvalue weighted by Crippen LogP contribution is 2.24. The van der Waals surface area contributed by atoms with Gasteiger partial charge in [-0.1, -0.05) is 22.0 Å². The van der Waals surface area contributed by atoms with Crippen LogP contribution < -0.4 is 5.32 Å². The highest BCUT2D eigenvalue weighted by atomic mass is 79.9. The van der Waals surface area contributed by atoms with E-state index in [1.165, 1.54) is 21.2 Å². The molecule has 1 aromatic carbocycles. The molecule has 0 spiro atoms. The van der Waals surface area contributed by atoms with E-state index in [0.717, 1.165) is 32.7 Å². The van der Waals surface area contributed by atoms with Gasteiger partial charge in [-0.3, -0.25) is 4.90 Å². The van der Waals surface area contributed by atoms with E-state index in [9.17, 15) is 0 Å². The molecule has 0 radical (unpaired) electrons. The molecule has 16 heavy (non-hydrogen) atoms. The molecule has 1 saturated heterocycles. The van der Waals surface area contributed by atoms with Gasteiger partial charge in [0.15, 0.2) is 0 Å². The summed E-state index contributed by atoms with van der Waals surface area (Å²) in [5.41, 5.74) is 4.16. The maximum atomic E-state index is 3.68. The first-order chi connectivity index (χ1) is 7.66. The van der Waals surface area contributed by atoms with E-state index in [0.29, 0.717) is 0 Å². The second kappa shape index (κ2) is 5.30. The average molecular weight is 283 g/mol. The van der Waals surface area contributed by atoms with Gasteiger partial charge in [0, 0.05) is 37.2 Å². The first kappa shape index (κ1) is 12.1.